The smallest absolute Gasteiger partial charge is 0.0808 e. The van der Waals surface area contributed by atoms with Gasteiger partial charge in [0.2, 0.25) is 0 Å². The van der Waals surface area contributed by atoms with Crippen molar-refractivity contribution in [3.05, 3.63) is 11.6 Å². The van der Waals surface area contributed by atoms with E-state index in [4.69, 9.17) is 14.2 Å². The number of hydrogen-bond acceptors (Lipinski definition) is 5. The maximum Gasteiger partial charge on any atom is 0.0808 e. The Labute approximate surface area is 174 Å². The molecule has 0 aromatic heterocycles. The molecule has 11 unspecified atom stereocenters. The summed E-state index contributed by atoms with van der Waals surface area (Å²) in [5.41, 5.74) is 1.79. The first-order valence-corrected chi connectivity index (χ1v) is 11.8. The van der Waals surface area contributed by atoms with Crippen LogP contribution in [0.25, 0.3) is 0 Å². The topological polar surface area (TPSA) is 51.2 Å². The van der Waals surface area contributed by atoms with Gasteiger partial charge < -0.3 is 19.3 Å². The number of likely N-dealkylation sites (tertiary alicyclic amines) is 1. The van der Waals surface area contributed by atoms with E-state index in [1.807, 2.05) is 21.3 Å². The van der Waals surface area contributed by atoms with Crippen LogP contribution in [0.4, 0.5) is 0 Å². The molecule has 5 nitrogen and oxygen atoms in total. The zero-order valence-electron chi connectivity index (χ0n) is 18.3. The van der Waals surface area contributed by atoms with Crippen LogP contribution in [0, 0.1) is 40.4 Å². The van der Waals surface area contributed by atoms with E-state index < -0.39 is 0 Å². The molecule has 6 rings (SSSR count). The molecular formula is C24H37NO4. The third-order valence-corrected chi connectivity index (χ3v) is 10.5. The molecule has 1 N–H and O–H groups in total. The van der Waals surface area contributed by atoms with Gasteiger partial charge in [0, 0.05) is 56.6 Å². The van der Waals surface area contributed by atoms with E-state index in [0.29, 0.717) is 35.6 Å². The summed E-state index contributed by atoms with van der Waals surface area (Å²) in [4.78, 5) is 2.74. The molecule has 11 atom stereocenters. The number of methoxy groups -OCH3 is 3. The summed E-state index contributed by atoms with van der Waals surface area (Å²) in [5.74, 6) is 2.47. The summed E-state index contributed by atoms with van der Waals surface area (Å²) >= 11 is 0. The lowest BCUT2D eigenvalue weighted by atomic mass is 9.44. The Bertz CT molecular complexity index is 726. The van der Waals surface area contributed by atoms with Gasteiger partial charge in [-0.3, -0.25) is 4.90 Å². The number of nitrogens with zero attached hydrogens (tertiary/aromatic N) is 1. The fourth-order valence-electron chi connectivity index (χ4n) is 10.0. The van der Waals surface area contributed by atoms with Gasteiger partial charge in [0.05, 0.1) is 24.9 Å². The number of aliphatic hydroxyl groups excluding tert-OH is 1. The molecule has 0 radical (unpaired) electrons. The van der Waals surface area contributed by atoms with Gasteiger partial charge in [-0.05, 0) is 50.0 Å². The highest BCUT2D eigenvalue weighted by Crippen LogP contribution is 2.77. The molecule has 1 aliphatic heterocycles. The van der Waals surface area contributed by atoms with Crippen molar-refractivity contribution in [2.75, 3.05) is 41.0 Å². The Morgan fingerprint density at radius 3 is 2.72 bits per heavy atom. The number of rotatable bonds is 5. The Hall–Kier alpha value is -0.460. The summed E-state index contributed by atoms with van der Waals surface area (Å²) in [6, 6.07) is 0.470. The Morgan fingerprint density at radius 2 is 2.03 bits per heavy atom. The first-order valence-electron chi connectivity index (χ1n) is 11.8. The van der Waals surface area contributed by atoms with Gasteiger partial charge in [-0.2, -0.15) is 0 Å². The van der Waals surface area contributed by atoms with E-state index in [-0.39, 0.29) is 29.1 Å². The van der Waals surface area contributed by atoms with Crippen molar-refractivity contribution in [3.63, 3.8) is 0 Å². The van der Waals surface area contributed by atoms with Crippen molar-refractivity contribution in [3.8, 4) is 0 Å². The molecule has 5 aliphatic carbocycles. The highest BCUT2D eigenvalue weighted by molar-refractivity contribution is 5.40. The molecule has 29 heavy (non-hydrogen) atoms. The molecule has 0 aromatic carbocycles. The molecule has 5 fully saturated rings. The van der Waals surface area contributed by atoms with Gasteiger partial charge in [0.15, 0.2) is 0 Å². The average Bonchev–Trinajstić information content (AvgIpc) is 3.16. The number of ether oxygens (including phenoxy) is 3. The number of hydrogen-bond donors (Lipinski definition) is 1. The van der Waals surface area contributed by atoms with Gasteiger partial charge in [-0.1, -0.05) is 18.6 Å². The van der Waals surface area contributed by atoms with Crippen LogP contribution in [-0.2, 0) is 14.2 Å². The molecule has 1 heterocycles. The molecule has 1 spiro atoms. The van der Waals surface area contributed by atoms with Crippen LogP contribution in [0.1, 0.15) is 32.6 Å². The zero-order valence-corrected chi connectivity index (χ0v) is 18.3. The predicted octanol–water partition coefficient (Wildman–Crippen LogP) is 2.34. The Kier molecular flexibility index (Phi) is 4.17. The quantitative estimate of drug-likeness (QED) is 0.714. The van der Waals surface area contributed by atoms with Crippen molar-refractivity contribution >= 4 is 0 Å². The number of piperidine rings is 1. The summed E-state index contributed by atoms with van der Waals surface area (Å²) in [6.07, 6.45) is 7.03. The molecule has 4 saturated carbocycles. The molecular weight excluding hydrogens is 366 g/mol. The van der Waals surface area contributed by atoms with Crippen LogP contribution < -0.4 is 0 Å². The van der Waals surface area contributed by atoms with Crippen LogP contribution in [0.3, 0.4) is 0 Å². The van der Waals surface area contributed by atoms with Gasteiger partial charge in [0.25, 0.3) is 0 Å². The number of aliphatic hydroxyl groups is 1. The van der Waals surface area contributed by atoms with Gasteiger partial charge >= 0.3 is 0 Å². The molecule has 1 saturated heterocycles. The largest absolute Gasteiger partial charge is 0.392 e. The minimum atomic E-state index is -0.203. The van der Waals surface area contributed by atoms with E-state index in [9.17, 15) is 5.11 Å². The number of fused-ring (bicyclic) bond motifs is 2. The second-order valence-electron chi connectivity index (χ2n) is 10.9. The van der Waals surface area contributed by atoms with Crippen LogP contribution in [-0.4, -0.2) is 75.4 Å². The fraction of sp³-hybridized carbons (Fsp3) is 0.917. The SMILES string of the molecule is CCN1CC2(COC)CCC(O)C34C5CC6C(OC)C=C(C(CC23)C14)C5C6OC. The van der Waals surface area contributed by atoms with E-state index in [0.717, 1.165) is 39.0 Å². The normalized spacial score (nSPS) is 57.1. The standard InChI is InChI=1S/C24H37NO4/c1-5-25-11-23(12-27-2)7-6-19(26)24-16-8-15-17(28-3)9-13(20(16)21(15)29-4)14(22(24)25)10-18(23)24/h9,14-22,26H,5-8,10-12H2,1-4H3. The third kappa shape index (κ3) is 2.01. The third-order valence-electron chi connectivity index (χ3n) is 10.5. The van der Waals surface area contributed by atoms with E-state index >= 15 is 0 Å². The summed E-state index contributed by atoms with van der Waals surface area (Å²) in [7, 11) is 5.60. The van der Waals surface area contributed by atoms with Gasteiger partial charge in [0.1, 0.15) is 0 Å². The summed E-state index contributed by atoms with van der Waals surface area (Å²) in [6.45, 7) is 5.33. The highest BCUT2D eigenvalue weighted by Gasteiger charge is 2.79. The second kappa shape index (κ2) is 6.29. The molecule has 5 heteroatoms. The van der Waals surface area contributed by atoms with Crippen LogP contribution in [0.5, 0.6) is 0 Å². The second-order valence-corrected chi connectivity index (χ2v) is 10.9. The lowest BCUT2D eigenvalue weighted by molar-refractivity contribution is -0.228. The Morgan fingerprint density at radius 1 is 1.21 bits per heavy atom. The van der Waals surface area contributed by atoms with Crippen LogP contribution in [0.2, 0.25) is 0 Å². The summed E-state index contributed by atoms with van der Waals surface area (Å²) in [5, 5.41) is 11.8. The maximum atomic E-state index is 11.8. The minimum Gasteiger partial charge on any atom is -0.392 e. The lowest BCUT2D eigenvalue weighted by Gasteiger charge is -2.67. The first kappa shape index (κ1) is 19.2. The fourth-order valence-corrected chi connectivity index (χ4v) is 10.0. The predicted molar refractivity (Wildman–Crippen MR) is 109 cm³/mol. The average molecular weight is 404 g/mol. The van der Waals surface area contributed by atoms with Crippen molar-refractivity contribution in [1.29, 1.82) is 0 Å². The monoisotopic (exact) mass is 403 g/mol. The molecule has 0 aromatic rings. The van der Waals surface area contributed by atoms with Crippen molar-refractivity contribution in [2.24, 2.45) is 40.4 Å². The van der Waals surface area contributed by atoms with E-state index in [1.54, 1.807) is 5.57 Å². The highest BCUT2D eigenvalue weighted by atomic mass is 16.5. The van der Waals surface area contributed by atoms with Crippen molar-refractivity contribution in [2.45, 2.75) is 57.0 Å². The van der Waals surface area contributed by atoms with Crippen molar-refractivity contribution in [1.82, 2.24) is 4.90 Å². The lowest BCUT2D eigenvalue weighted by Crippen LogP contribution is -2.72. The van der Waals surface area contributed by atoms with Crippen LogP contribution in [0.15, 0.2) is 11.6 Å². The minimum absolute atomic E-state index is 0.00806. The maximum absolute atomic E-state index is 11.8. The van der Waals surface area contributed by atoms with E-state index in [1.165, 1.54) is 6.42 Å². The molecule has 162 valence electrons. The van der Waals surface area contributed by atoms with Crippen molar-refractivity contribution < 1.29 is 19.3 Å². The molecule has 7 bridgehead atoms. The van der Waals surface area contributed by atoms with E-state index in [2.05, 4.69) is 17.9 Å². The molecule has 0 amide bonds. The summed E-state index contributed by atoms with van der Waals surface area (Å²) < 4.78 is 18.0. The van der Waals surface area contributed by atoms with Gasteiger partial charge in [-0.15, -0.1) is 0 Å². The van der Waals surface area contributed by atoms with Gasteiger partial charge in [-0.25, -0.2) is 0 Å². The molecule has 6 aliphatic rings. The zero-order chi connectivity index (χ0) is 20.1. The van der Waals surface area contributed by atoms with Crippen LogP contribution >= 0.6 is 0 Å². The first-order chi connectivity index (χ1) is 14.1. The Balaban J connectivity index is 1.57.